The van der Waals surface area contributed by atoms with E-state index in [1.807, 2.05) is 41.8 Å². The van der Waals surface area contributed by atoms with Crippen LogP contribution in [0.15, 0.2) is 70.2 Å². The van der Waals surface area contributed by atoms with E-state index in [1.54, 1.807) is 23.5 Å². The number of aromatic nitrogens is 1. The zero-order chi connectivity index (χ0) is 27.4. The predicted molar refractivity (Wildman–Crippen MR) is 154 cm³/mol. The van der Waals surface area contributed by atoms with Gasteiger partial charge in [-0.05, 0) is 42.7 Å². The number of aliphatic imine (C=N–C) groups is 1. The van der Waals surface area contributed by atoms with E-state index in [-0.39, 0.29) is 19.0 Å². The molecular weight excluding hydrogens is 554 g/mol. The number of nitriles is 1. The second kappa shape index (κ2) is 12.5. The second-order valence-corrected chi connectivity index (χ2v) is 11.6. The third-order valence-electron chi connectivity index (χ3n) is 6.63. The van der Waals surface area contributed by atoms with Crippen molar-refractivity contribution >= 4 is 45.5 Å². The van der Waals surface area contributed by atoms with Gasteiger partial charge >= 0.3 is 0 Å². The average Bonchev–Trinajstić information content (AvgIpc) is 3.44. The number of Topliss-reactive ketones (excluding diaryl/α,β-unsaturated/α-hetero) is 1. The Balaban J connectivity index is 1.38. The number of allylic oxidation sites excluding steroid dienone is 2. The summed E-state index contributed by atoms with van der Waals surface area (Å²) in [5, 5.41) is 33.1. The molecule has 1 aliphatic heterocycles. The van der Waals surface area contributed by atoms with Gasteiger partial charge in [0.05, 0.1) is 23.4 Å². The summed E-state index contributed by atoms with van der Waals surface area (Å²) in [6.07, 6.45) is 0.948. The lowest BCUT2D eigenvalue weighted by Gasteiger charge is -2.33. The van der Waals surface area contributed by atoms with Crippen molar-refractivity contribution in [3.8, 4) is 22.4 Å². The Hall–Kier alpha value is -3.00. The van der Waals surface area contributed by atoms with E-state index in [9.17, 15) is 15.2 Å². The van der Waals surface area contributed by atoms with Gasteiger partial charge in [0.2, 0.25) is 0 Å². The summed E-state index contributed by atoms with van der Waals surface area (Å²) in [6.45, 7) is -0.413. The van der Waals surface area contributed by atoms with Crippen LogP contribution < -0.4 is 4.74 Å². The highest BCUT2D eigenvalue weighted by molar-refractivity contribution is 8.13. The highest BCUT2D eigenvalue weighted by Gasteiger charge is 2.40. The number of aliphatic hydroxyl groups is 2. The van der Waals surface area contributed by atoms with Crippen LogP contribution in [0.5, 0.6) is 5.75 Å². The van der Waals surface area contributed by atoms with E-state index in [0.717, 1.165) is 33.9 Å². The van der Waals surface area contributed by atoms with E-state index in [1.165, 1.54) is 11.8 Å². The molecule has 1 aliphatic carbocycles. The molecule has 0 bridgehead atoms. The van der Waals surface area contributed by atoms with Crippen LogP contribution in [0.2, 0.25) is 5.02 Å². The van der Waals surface area contributed by atoms with E-state index < -0.39 is 17.9 Å². The number of rotatable bonds is 8. The zero-order valence-corrected chi connectivity index (χ0v) is 23.3. The van der Waals surface area contributed by atoms with Crippen LogP contribution >= 0.6 is 34.7 Å². The number of thiazole rings is 1. The Kier molecular flexibility index (Phi) is 8.80. The fraction of sp³-hybridized carbons (Fsp3) is 0.310. The minimum atomic E-state index is -0.964. The van der Waals surface area contributed by atoms with Crippen molar-refractivity contribution in [2.75, 3.05) is 13.2 Å². The third-order valence-corrected chi connectivity index (χ3v) is 8.90. The molecule has 5 rings (SSSR count). The number of aliphatic hydroxyl groups excluding tert-OH is 2. The monoisotopic (exact) mass is 579 g/mol. The lowest BCUT2D eigenvalue weighted by molar-refractivity contribution is -0.116. The first-order valence-electron chi connectivity index (χ1n) is 12.6. The molecule has 0 saturated heterocycles. The molecule has 1 aromatic heterocycles. The van der Waals surface area contributed by atoms with Gasteiger partial charge in [-0.3, -0.25) is 4.79 Å². The molecule has 2 unspecified atom stereocenters. The summed E-state index contributed by atoms with van der Waals surface area (Å²) in [7, 11) is 0. The van der Waals surface area contributed by atoms with Crippen molar-refractivity contribution in [3.63, 3.8) is 0 Å². The topological polar surface area (TPSA) is 116 Å². The van der Waals surface area contributed by atoms with Crippen molar-refractivity contribution in [3.05, 3.63) is 81.5 Å². The number of benzene rings is 2. The molecule has 200 valence electrons. The average molecular weight is 580 g/mol. The van der Waals surface area contributed by atoms with Gasteiger partial charge in [-0.25, -0.2) is 9.98 Å². The molecule has 3 aromatic rings. The number of carbonyl (C=O) groups excluding carboxylic acids is 1. The maximum absolute atomic E-state index is 13.1. The quantitative estimate of drug-likeness (QED) is 0.348. The van der Waals surface area contributed by atoms with Gasteiger partial charge in [-0.1, -0.05) is 35.9 Å². The van der Waals surface area contributed by atoms with Gasteiger partial charge in [0.15, 0.2) is 5.78 Å². The molecule has 0 spiro atoms. The summed E-state index contributed by atoms with van der Waals surface area (Å²) in [6, 6.07) is 17.2. The number of halogens is 1. The Morgan fingerprint density at radius 3 is 2.67 bits per heavy atom. The molecule has 0 saturated carbocycles. The number of hydrogen-bond donors (Lipinski definition) is 2. The molecule has 0 radical (unpaired) electrons. The Morgan fingerprint density at radius 1 is 1.18 bits per heavy atom. The smallest absolute Gasteiger partial charge is 0.161 e. The van der Waals surface area contributed by atoms with Crippen LogP contribution in [0.3, 0.4) is 0 Å². The molecule has 0 fully saturated rings. The summed E-state index contributed by atoms with van der Waals surface area (Å²) in [5.74, 6) is 0.114. The summed E-state index contributed by atoms with van der Waals surface area (Å²) in [5.41, 5.74) is 4.15. The highest BCUT2D eigenvalue weighted by atomic mass is 35.5. The lowest BCUT2D eigenvalue weighted by Crippen LogP contribution is -2.30. The fourth-order valence-corrected chi connectivity index (χ4v) is 6.75. The van der Waals surface area contributed by atoms with E-state index in [4.69, 9.17) is 31.4 Å². The Morgan fingerprint density at radius 2 is 1.95 bits per heavy atom. The van der Waals surface area contributed by atoms with Crippen molar-refractivity contribution in [2.24, 2.45) is 10.9 Å². The minimum Gasteiger partial charge on any atom is -0.491 e. The second-order valence-electron chi connectivity index (χ2n) is 9.33. The number of ketones is 1. The van der Waals surface area contributed by atoms with Crippen LogP contribution in [-0.2, 0) is 10.5 Å². The van der Waals surface area contributed by atoms with Crippen molar-refractivity contribution < 1.29 is 19.7 Å². The van der Waals surface area contributed by atoms with Crippen molar-refractivity contribution in [2.45, 2.75) is 37.0 Å². The predicted octanol–water partition coefficient (Wildman–Crippen LogP) is 5.77. The molecule has 3 atom stereocenters. The normalized spacial score (nSPS) is 19.7. The molecule has 10 heteroatoms. The van der Waals surface area contributed by atoms with E-state index in [0.29, 0.717) is 40.0 Å². The highest BCUT2D eigenvalue weighted by Crippen LogP contribution is 2.45. The lowest BCUT2D eigenvalue weighted by atomic mass is 9.74. The zero-order valence-electron chi connectivity index (χ0n) is 20.9. The molecule has 2 aliphatic rings. The summed E-state index contributed by atoms with van der Waals surface area (Å²) < 4.78 is 5.54. The van der Waals surface area contributed by atoms with E-state index >= 15 is 0 Å². The van der Waals surface area contributed by atoms with Gasteiger partial charge in [-0.15, -0.1) is 23.1 Å². The summed E-state index contributed by atoms with van der Waals surface area (Å²) in [4.78, 5) is 22.7. The number of ether oxygens (including phenoxy) is 1. The van der Waals surface area contributed by atoms with Gasteiger partial charge in [0, 0.05) is 45.3 Å². The van der Waals surface area contributed by atoms with Crippen LogP contribution in [-0.4, -0.2) is 45.3 Å². The molecular formula is C29H26ClN3O4S2. The van der Waals surface area contributed by atoms with Gasteiger partial charge in [0.1, 0.15) is 29.4 Å². The van der Waals surface area contributed by atoms with Gasteiger partial charge in [0.25, 0.3) is 0 Å². The fourth-order valence-electron chi connectivity index (χ4n) is 4.70. The molecule has 7 nitrogen and oxygen atoms in total. The van der Waals surface area contributed by atoms with Crippen LogP contribution in [0, 0.1) is 17.2 Å². The molecule has 2 aromatic carbocycles. The van der Waals surface area contributed by atoms with Crippen LogP contribution in [0.25, 0.3) is 10.6 Å². The van der Waals surface area contributed by atoms with Crippen LogP contribution in [0.4, 0.5) is 0 Å². The Bertz CT molecular complexity index is 1440. The Labute approximate surface area is 239 Å². The number of hydrogen-bond acceptors (Lipinski definition) is 9. The first-order chi connectivity index (χ1) is 19.0. The van der Waals surface area contributed by atoms with Gasteiger partial charge in [-0.2, -0.15) is 5.26 Å². The molecule has 2 heterocycles. The largest absolute Gasteiger partial charge is 0.491 e. The molecule has 39 heavy (non-hydrogen) atoms. The van der Waals surface area contributed by atoms with Crippen molar-refractivity contribution in [1.29, 1.82) is 5.26 Å². The maximum Gasteiger partial charge on any atom is 0.161 e. The number of thioether (sulfide) groups is 1. The third kappa shape index (κ3) is 6.26. The SMILES string of the molecule is N#CC1C(SCc2csc(-c3ccc(Cl)cc3)n2)=NC2=C(C(=O)CCC2)C1c1ccc(OC[C@@H](O)CO)cc1. The minimum absolute atomic E-state index is 0.0301. The first-order valence-corrected chi connectivity index (χ1v) is 14.8. The van der Waals surface area contributed by atoms with E-state index in [2.05, 4.69) is 6.07 Å². The molecule has 2 N–H and O–H groups in total. The maximum atomic E-state index is 13.1. The molecule has 0 amide bonds. The standard InChI is InChI=1S/C29H26ClN3O4S2/c30-19-8-4-18(5-9-19)28-32-20(15-38-28)16-39-29-23(12-31)26(27-24(33-29)2-1-3-25(27)36)17-6-10-22(11-7-17)37-14-21(35)13-34/h4-11,15,21,23,26,34-35H,1-3,13-14,16H2/t21-,23?,26?/m0/s1. The van der Waals surface area contributed by atoms with Gasteiger partial charge < -0.3 is 14.9 Å². The number of nitrogens with zero attached hydrogens (tertiary/aromatic N) is 3. The first kappa shape index (κ1) is 27.6. The summed E-state index contributed by atoms with van der Waals surface area (Å²) >= 11 is 9.07. The van der Waals surface area contributed by atoms with Crippen LogP contribution in [0.1, 0.15) is 36.4 Å². The number of carbonyl (C=O) groups is 1. The van der Waals surface area contributed by atoms with Crippen molar-refractivity contribution in [1.82, 2.24) is 4.98 Å².